The Kier molecular flexibility index (Phi) is 6.21. The Morgan fingerprint density at radius 3 is 2.62 bits per heavy atom. The maximum atomic E-state index is 12.1. The SMILES string of the molecule is CCNC1CCC(CC)CC1OCC(F)F. The van der Waals surface area contributed by atoms with Crippen molar-refractivity contribution in [1.82, 2.24) is 5.32 Å². The van der Waals surface area contributed by atoms with Crippen LogP contribution in [0.25, 0.3) is 0 Å². The summed E-state index contributed by atoms with van der Waals surface area (Å²) in [6.45, 7) is 4.64. The fourth-order valence-corrected chi connectivity index (χ4v) is 2.46. The van der Waals surface area contributed by atoms with E-state index in [2.05, 4.69) is 12.2 Å². The van der Waals surface area contributed by atoms with Crippen molar-refractivity contribution in [3.8, 4) is 0 Å². The molecule has 96 valence electrons. The summed E-state index contributed by atoms with van der Waals surface area (Å²) < 4.78 is 29.6. The van der Waals surface area contributed by atoms with Crippen molar-refractivity contribution in [3.05, 3.63) is 0 Å². The first kappa shape index (κ1) is 13.8. The van der Waals surface area contributed by atoms with Crippen molar-refractivity contribution >= 4 is 0 Å². The first-order valence-corrected chi connectivity index (χ1v) is 6.30. The first-order valence-electron chi connectivity index (χ1n) is 6.30. The van der Waals surface area contributed by atoms with Gasteiger partial charge in [0, 0.05) is 6.04 Å². The third-order valence-electron chi connectivity index (χ3n) is 3.38. The van der Waals surface area contributed by atoms with Crippen LogP contribution >= 0.6 is 0 Å². The third-order valence-corrected chi connectivity index (χ3v) is 3.38. The Balaban J connectivity index is 2.43. The average molecular weight is 235 g/mol. The van der Waals surface area contributed by atoms with Crippen LogP contribution in [-0.4, -0.2) is 31.7 Å². The van der Waals surface area contributed by atoms with Gasteiger partial charge in [-0.2, -0.15) is 0 Å². The van der Waals surface area contributed by atoms with E-state index in [9.17, 15) is 8.78 Å². The summed E-state index contributed by atoms with van der Waals surface area (Å²) in [5.74, 6) is 0.637. The van der Waals surface area contributed by atoms with E-state index in [4.69, 9.17) is 4.74 Å². The minimum atomic E-state index is -2.36. The molecule has 3 unspecified atom stereocenters. The molecule has 1 saturated carbocycles. The monoisotopic (exact) mass is 235 g/mol. The maximum absolute atomic E-state index is 12.1. The van der Waals surface area contributed by atoms with E-state index in [1.165, 1.54) is 6.42 Å². The van der Waals surface area contributed by atoms with Crippen LogP contribution in [0.4, 0.5) is 8.78 Å². The molecule has 0 aromatic carbocycles. The Hall–Kier alpha value is -0.220. The molecule has 1 aliphatic carbocycles. The molecule has 1 N–H and O–H groups in total. The third kappa shape index (κ3) is 4.34. The summed E-state index contributed by atoms with van der Waals surface area (Å²) in [7, 11) is 0. The molecule has 0 spiro atoms. The molecule has 0 saturated heterocycles. The zero-order valence-electron chi connectivity index (χ0n) is 10.2. The van der Waals surface area contributed by atoms with E-state index in [1.54, 1.807) is 0 Å². The lowest BCUT2D eigenvalue weighted by molar-refractivity contribution is -0.0582. The van der Waals surface area contributed by atoms with Crippen molar-refractivity contribution in [2.24, 2.45) is 5.92 Å². The largest absolute Gasteiger partial charge is 0.371 e. The Labute approximate surface area is 96.7 Å². The molecule has 3 atom stereocenters. The summed E-state index contributed by atoms with van der Waals surface area (Å²) in [6, 6.07) is 0.256. The van der Waals surface area contributed by atoms with Gasteiger partial charge in [-0.1, -0.05) is 20.3 Å². The number of hydrogen-bond acceptors (Lipinski definition) is 2. The van der Waals surface area contributed by atoms with Crippen LogP contribution in [0.1, 0.15) is 39.5 Å². The zero-order chi connectivity index (χ0) is 12.0. The topological polar surface area (TPSA) is 21.3 Å². The normalized spacial score (nSPS) is 30.9. The highest BCUT2D eigenvalue weighted by Crippen LogP contribution is 2.29. The van der Waals surface area contributed by atoms with Gasteiger partial charge < -0.3 is 10.1 Å². The van der Waals surface area contributed by atoms with Gasteiger partial charge in [-0.25, -0.2) is 8.78 Å². The van der Waals surface area contributed by atoms with E-state index in [-0.39, 0.29) is 12.1 Å². The molecule has 0 bridgehead atoms. The van der Waals surface area contributed by atoms with E-state index in [0.29, 0.717) is 5.92 Å². The maximum Gasteiger partial charge on any atom is 0.261 e. The molecule has 0 heterocycles. The molecule has 0 aliphatic heterocycles. The molecule has 0 amide bonds. The van der Waals surface area contributed by atoms with E-state index in [1.807, 2.05) is 6.92 Å². The second-order valence-corrected chi connectivity index (χ2v) is 4.51. The molecule has 16 heavy (non-hydrogen) atoms. The van der Waals surface area contributed by atoms with Gasteiger partial charge in [-0.3, -0.25) is 0 Å². The second-order valence-electron chi connectivity index (χ2n) is 4.51. The van der Waals surface area contributed by atoms with Crippen LogP contribution in [-0.2, 0) is 4.74 Å². The molecule has 0 aromatic rings. The summed E-state index contributed by atoms with van der Waals surface area (Å²) >= 11 is 0. The summed E-state index contributed by atoms with van der Waals surface area (Å²) in [5.41, 5.74) is 0. The van der Waals surface area contributed by atoms with Gasteiger partial charge in [0.15, 0.2) is 0 Å². The van der Waals surface area contributed by atoms with Gasteiger partial charge >= 0.3 is 0 Å². The van der Waals surface area contributed by atoms with Crippen LogP contribution < -0.4 is 5.32 Å². The standard InChI is InChI=1S/C12H23F2NO/c1-3-9-5-6-10(15-4-2)11(7-9)16-8-12(13)14/h9-12,15H,3-8H2,1-2H3. The fourth-order valence-electron chi connectivity index (χ4n) is 2.46. The molecule has 1 aliphatic rings. The molecular formula is C12H23F2NO. The molecule has 0 aromatic heterocycles. The molecule has 1 rings (SSSR count). The average Bonchev–Trinajstić information content (AvgIpc) is 2.28. The van der Waals surface area contributed by atoms with Crippen LogP contribution in [0.3, 0.4) is 0 Å². The summed E-state index contributed by atoms with van der Waals surface area (Å²) in [6.07, 6.45) is 1.87. The van der Waals surface area contributed by atoms with Crippen molar-refractivity contribution in [3.63, 3.8) is 0 Å². The lowest BCUT2D eigenvalue weighted by atomic mass is 9.82. The Morgan fingerprint density at radius 2 is 2.06 bits per heavy atom. The smallest absolute Gasteiger partial charge is 0.261 e. The second kappa shape index (κ2) is 7.17. The number of nitrogens with one attached hydrogen (secondary N) is 1. The molecule has 1 fully saturated rings. The zero-order valence-corrected chi connectivity index (χ0v) is 10.2. The van der Waals surface area contributed by atoms with E-state index in [0.717, 1.165) is 25.8 Å². The lowest BCUT2D eigenvalue weighted by Gasteiger charge is -2.36. The quantitative estimate of drug-likeness (QED) is 0.764. The van der Waals surface area contributed by atoms with Crippen molar-refractivity contribution in [2.75, 3.05) is 13.2 Å². The van der Waals surface area contributed by atoms with Crippen LogP contribution in [0, 0.1) is 5.92 Å². The van der Waals surface area contributed by atoms with Gasteiger partial charge in [-0.05, 0) is 31.7 Å². The predicted octanol–water partition coefficient (Wildman–Crippen LogP) is 2.82. The lowest BCUT2D eigenvalue weighted by Crippen LogP contribution is -2.46. The highest BCUT2D eigenvalue weighted by atomic mass is 19.3. The first-order chi connectivity index (χ1) is 7.67. The van der Waals surface area contributed by atoms with Crippen LogP contribution in [0.2, 0.25) is 0 Å². The number of alkyl halides is 2. The molecule has 0 radical (unpaired) electrons. The van der Waals surface area contributed by atoms with Gasteiger partial charge in [0.1, 0.15) is 6.61 Å². The number of rotatable bonds is 6. The summed E-state index contributed by atoms with van der Waals surface area (Å²) in [4.78, 5) is 0. The molecule has 4 heteroatoms. The number of hydrogen-bond donors (Lipinski definition) is 1. The fraction of sp³-hybridized carbons (Fsp3) is 1.00. The van der Waals surface area contributed by atoms with Crippen molar-refractivity contribution in [2.45, 2.75) is 58.1 Å². The number of ether oxygens (including phenoxy) is 1. The van der Waals surface area contributed by atoms with Crippen LogP contribution in [0.5, 0.6) is 0 Å². The van der Waals surface area contributed by atoms with Crippen LogP contribution in [0.15, 0.2) is 0 Å². The van der Waals surface area contributed by atoms with Gasteiger partial charge in [0.05, 0.1) is 6.10 Å². The predicted molar refractivity (Wildman–Crippen MR) is 60.8 cm³/mol. The molecule has 2 nitrogen and oxygen atoms in total. The minimum absolute atomic E-state index is 0.0346. The number of likely N-dealkylation sites (N-methyl/N-ethyl adjacent to an activating group) is 1. The van der Waals surface area contributed by atoms with Crippen molar-refractivity contribution < 1.29 is 13.5 Å². The summed E-state index contributed by atoms with van der Waals surface area (Å²) in [5, 5.41) is 3.33. The molecular weight excluding hydrogens is 212 g/mol. The van der Waals surface area contributed by atoms with Gasteiger partial charge in [-0.15, -0.1) is 0 Å². The van der Waals surface area contributed by atoms with E-state index >= 15 is 0 Å². The Bertz CT molecular complexity index is 190. The Morgan fingerprint density at radius 1 is 1.31 bits per heavy atom. The van der Waals surface area contributed by atoms with Gasteiger partial charge in [0.25, 0.3) is 6.43 Å². The highest BCUT2D eigenvalue weighted by molar-refractivity contribution is 4.85. The van der Waals surface area contributed by atoms with Crippen molar-refractivity contribution in [1.29, 1.82) is 0 Å². The minimum Gasteiger partial charge on any atom is -0.371 e. The number of halogens is 2. The van der Waals surface area contributed by atoms with E-state index < -0.39 is 13.0 Å². The van der Waals surface area contributed by atoms with Gasteiger partial charge in [0.2, 0.25) is 0 Å². The highest BCUT2D eigenvalue weighted by Gasteiger charge is 2.30.